The Morgan fingerprint density at radius 2 is 2.00 bits per heavy atom. The highest BCUT2D eigenvalue weighted by Gasteiger charge is 2.16. The molecule has 0 spiro atoms. The van der Waals surface area contributed by atoms with Gasteiger partial charge in [0.25, 0.3) is 0 Å². The third-order valence-corrected chi connectivity index (χ3v) is 5.17. The Hall–Kier alpha value is -3.88. The molecule has 9 heteroatoms. The van der Waals surface area contributed by atoms with Crippen LogP contribution in [-0.2, 0) is 6.42 Å². The molecule has 0 unspecified atom stereocenters. The van der Waals surface area contributed by atoms with Gasteiger partial charge in [0.15, 0.2) is 11.5 Å². The molecule has 0 atom stereocenters. The summed E-state index contributed by atoms with van der Waals surface area (Å²) in [5, 5.41) is 16.4. The lowest BCUT2D eigenvalue weighted by atomic mass is 10.1. The zero-order valence-electron chi connectivity index (χ0n) is 17.2. The Morgan fingerprint density at radius 3 is 2.84 bits per heavy atom. The average molecular weight is 416 g/mol. The van der Waals surface area contributed by atoms with Gasteiger partial charge in [0.05, 0.1) is 23.6 Å². The lowest BCUT2D eigenvalue weighted by Gasteiger charge is -2.10. The van der Waals surface area contributed by atoms with Gasteiger partial charge in [-0.05, 0) is 18.1 Å². The van der Waals surface area contributed by atoms with Crippen molar-refractivity contribution in [3.63, 3.8) is 0 Å². The summed E-state index contributed by atoms with van der Waals surface area (Å²) in [5.74, 6) is 0.735. The summed E-state index contributed by atoms with van der Waals surface area (Å²) >= 11 is 0. The molecule has 5 rings (SSSR count). The Labute approximate surface area is 177 Å². The molecule has 0 radical (unpaired) electrons. The SMILES string of the molecule is CC(C)c1cnn2c(NCCc3n[nH]c4ccccc34)nc(-c3cncc(F)c3)nc12. The van der Waals surface area contributed by atoms with Crippen LogP contribution in [0.5, 0.6) is 0 Å². The van der Waals surface area contributed by atoms with Gasteiger partial charge < -0.3 is 5.32 Å². The molecule has 31 heavy (non-hydrogen) atoms. The van der Waals surface area contributed by atoms with E-state index < -0.39 is 5.82 Å². The zero-order chi connectivity index (χ0) is 21.4. The van der Waals surface area contributed by atoms with Crippen LogP contribution < -0.4 is 5.32 Å². The number of para-hydroxylation sites is 1. The van der Waals surface area contributed by atoms with Gasteiger partial charge in [0, 0.05) is 35.7 Å². The van der Waals surface area contributed by atoms with Crippen LogP contribution in [0.15, 0.2) is 48.9 Å². The van der Waals surface area contributed by atoms with Gasteiger partial charge in [-0.1, -0.05) is 32.0 Å². The molecule has 0 bridgehead atoms. The van der Waals surface area contributed by atoms with Gasteiger partial charge in [-0.3, -0.25) is 10.1 Å². The maximum Gasteiger partial charge on any atom is 0.227 e. The minimum Gasteiger partial charge on any atom is -0.354 e. The third-order valence-electron chi connectivity index (χ3n) is 5.17. The van der Waals surface area contributed by atoms with Gasteiger partial charge in [0.1, 0.15) is 5.82 Å². The molecule has 5 aromatic rings. The highest BCUT2D eigenvalue weighted by atomic mass is 19.1. The first-order chi connectivity index (χ1) is 15.1. The normalized spacial score (nSPS) is 11.6. The second-order valence-corrected chi connectivity index (χ2v) is 7.65. The highest BCUT2D eigenvalue weighted by Crippen LogP contribution is 2.24. The summed E-state index contributed by atoms with van der Waals surface area (Å²) in [5.41, 5.74) is 4.19. The summed E-state index contributed by atoms with van der Waals surface area (Å²) < 4.78 is 15.4. The number of aromatic nitrogens is 7. The summed E-state index contributed by atoms with van der Waals surface area (Å²) in [6, 6.07) is 9.41. The number of aromatic amines is 1. The summed E-state index contributed by atoms with van der Waals surface area (Å²) in [4.78, 5) is 13.2. The Bertz CT molecular complexity index is 1370. The molecule has 0 fully saturated rings. The van der Waals surface area contributed by atoms with Crippen molar-refractivity contribution in [2.75, 3.05) is 11.9 Å². The van der Waals surface area contributed by atoms with Crippen LogP contribution in [0.1, 0.15) is 31.0 Å². The average Bonchev–Trinajstić information content (AvgIpc) is 3.38. The van der Waals surface area contributed by atoms with Crippen LogP contribution in [0.4, 0.5) is 10.3 Å². The number of hydrogen-bond acceptors (Lipinski definition) is 6. The van der Waals surface area contributed by atoms with Crippen molar-refractivity contribution in [3.8, 4) is 11.4 Å². The minimum atomic E-state index is -0.432. The summed E-state index contributed by atoms with van der Waals surface area (Å²) in [6.45, 7) is 4.76. The lowest BCUT2D eigenvalue weighted by molar-refractivity contribution is 0.622. The van der Waals surface area contributed by atoms with Crippen LogP contribution in [0.2, 0.25) is 0 Å². The minimum absolute atomic E-state index is 0.231. The predicted molar refractivity (Wildman–Crippen MR) is 116 cm³/mol. The van der Waals surface area contributed by atoms with Crippen molar-refractivity contribution < 1.29 is 4.39 Å². The van der Waals surface area contributed by atoms with Crippen molar-refractivity contribution in [1.29, 1.82) is 0 Å². The van der Waals surface area contributed by atoms with Crippen molar-refractivity contribution >= 4 is 22.5 Å². The zero-order valence-corrected chi connectivity index (χ0v) is 17.2. The van der Waals surface area contributed by atoms with Crippen molar-refractivity contribution in [1.82, 2.24) is 34.8 Å². The smallest absolute Gasteiger partial charge is 0.227 e. The van der Waals surface area contributed by atoms with Crippen molar-refractivity contribution in [3.05, 3.63) is 66.0 Å². The summed E-state index contributed by atoms with van der Waals surface area (Å²) in [6.07, 6.45) is 5.22. The van der Waals surface area contributed by atoms with Crippen molar-refractivity contribution in [2.24, 2.45) is 0 Å². The molecule has 0 amide bonds. The van der Waals surface area contributed by atoms with Gasteiger partial charge in [-0.15, -0.1) is 0 Å². The fourth-order valence-corrected chi connectivity index (χ4v) is 3.58. The first kappa shape index (κ1) is 19.1. The molecule has 0 aliphatic heterocycles. The molecule has 0 saturated heterocycles. The van der Waals surface area contributed by atoms with Crippen LogP contribution in [-0.4, -0.2) is 41.3 Å². The number of H-pyrrole nitrogens is 1. The van der Waals surface area contributed by atoms with E-state index in [2.05, 4.69) is 55.5 Å². The van der Waals surface area contributed by atoms with Gasteiger partial charge in [0.2, 0.25) is 5.95 Å². The first-order valence-electron chi connectivity index (χ1n) is 10.1. The number of nitrogens with zero attached hydrogens (tertiary/aromatic N) is 6. The van der Waals surface area contributed by atoms with E-state index in [-0.39, 0.29) is 5.92 Å². The number of hydrogen-bond donors (Lipinski definition) is 2. The molecular formula is C22H21FN8. The largest absolute Gasteiger partial charge is 0.354 e. The maximum atomic E-state index is 13.7. The van der Waals surface area contributed by atoms with Gasteiger partial charge in [-0.25, -0.2) is 9.37 Å². The molecule has 4 heterocycles. The van der Waals surface area contributed by atoms with E-state index in [1.54, 1.807) is 16.9 Å². The fraction of sp³-hybridized carbons (Fsp3) is 0.227. The quantitative estimate of drug-likeness (QED) is 0.435. The van der Waals surface area contributed by atoms with Crippen LogP contribution in [0, 0.1) is 5.82 Å². The Kier molecular flexibility index (Phi) is 4.78. The highest BCUT2D eigenvalue weighted by molar-refractivity contribution is 5.81. The van der Waals surface area contributed by atoms with E-state index in [4.69, 9.17) is 0 Å². The Morgan fingerprint density at radius 1 is 1.13 bits per heavy atom. The molecule has 2 N–H and O–H groups in total. The topological polar surface area (TPSA) is 96.7 Å². The molecule has 4 aromatic heterocycles. The number of anilines is 1. The third kappa shape index (κ3) is 3.58. The van der Waals surface area contributed by atoms with E-state index >= 15 is 0 Å². The number of rotatable bonds is 6. The molecule has 0 aliphatic carbocycles. The van der Waals surface area contributed by atoms with E-state index in [1.165, 1.54) is 6.07 Å². The van der Waals surface area contributed by atoms with E-state index in [9.17, 15) is 4.39 Å². The van der Waals surface area contributed by atoms with Crippen LogP contribution >= 0.6 is 0 Å². The van der Waals surface area contributed by atoms with E-state index in [1.807, 2.05) is 18.2 Å². The monoisotopic (exact) mass is 416 g/mol. The van der Waals surface area contributed by atoms with Crippen LogP contribution in [0.25, 0.3) is 27.9 Å². The van der Waals surface area contributed by atoms with Gasteiger partial charge in [-0.2, -0.15) is 19.7 Å². The fourth-order valence-electron chi connectivity index (χ4n) is 3.58. The molecule has 156 valence electrons. The molecule has 1 aromatic carbocycles. The molecule has 0 aliphatic rings. The molecule has 0 saturated carbocycles. The second kappa shape index (κ2) is 7.75. The Balaban J connectivity index is 1.49. The summed E-state index contributed by atoms with van der Waals surface area (Å²) in [7, 11) is 0. The lowest BCUT2D eigenvalue weighted by Crippen LogP contribution is -2.13. The first-order valence-corrected chi connectivity index (χ1v) is 10.1. The van der Waals surface area contributed by atoms with Crippen LogP contribution in [0.3, 0.4) is 0 Å². The van der Waals surface area contributed by atoms with E-state index in [0.29, 0.717) is 35.9 Å². The number of nitrogens with one attached hydrogen (secondary N) is 2. The standard InChI is InChI=1S/C22H21FN8/c1-13(2)17-12-26-31-21(17)27-20(14-9-15(23)11-24-10-14)28-22(31)25-8-7-19-16-5-3-4-6-18(16)29-30-19/h3-6,9-13H,7-8H2,1-2H3,(H,29,30)(H,25,27,28). The van der Waals surface area contributed by atoms with E-state index in [0.717, 1.165) is 28.4 Å². The number of halogens is 1. The molecular weight excluding hydrogens is 395 g/mol. The number of fused-ring (bicyclic) bond motifs is 2. The van der Waals surface area contributed by atoms with Crippen molar-refractivity contribution in [2.45, 2.75) is 26.2 Å². The number of pyridine rings is 1. The predicted octanol–water partition coefficient (Wildman–Crippen LogP) is 3.98. The van der Waals surface area contributed by atoms with Gasteiger partial charge >= 0.3 is 0 Å². The maximum absolute atomic E-state index is 13.7. The molecule has 8 nitrogen and oxygen atoms in total. The second-order valence-electron chi connectivity index (χ2n) is 7.65. The number of benzene rings is 1.